The molecule has 5 rings (SSSR count). The first kappa shape index (κ1) is 24.0. The third-order valence-electron chi connectivity index (χ3n) is 7.28. The van der Waals surface area contributed by atoms with Gasteiger partial charge in [-0.15, -0.1) is 0 Å². The molecule has 1 N–H and O–H groups in total. The smallest absolute Gasteiger partial charge is 0.303 e. The van der Waals surface area contributed by atoms with E-state index in [1.54, 1.807) is 36.0 Å². The van der Waals surface area contributed by atoms with Crippen LogP contribution in [0, 0.1) is 18.6 Å². The maximum atomic E-state index is 13.6. The molecule has 0 bridgehead atoms. The van der Waals surface area contributed by atoms with Gasteiger partial charge in [0.05, 0.1) is 13.1 Å². The maximum Gasteiger partial charge on any atom is 0.417 e. The van der Waals surface area contributed by atoms with Crippen LogP contribution in [0.15, 0.2) is 76.5 Å². The fraction of sp³-hybridized carbons (Fsp3) is 0.345. The average molecular weight is 494 g/mol. The number of carbonyl (C=O) groups is 1. The summed E-state index contributed by atoms with van der Waals surface area (Å²) in [6.07, 6.45) is 3.95. The molecule has 0 aromatic heterocycles. The van der Waals surface area contributed by atoms with E-state index >= 15 is 0 Å². The first-order valence-corrected chi connectivity index (χ1v) is 13.2. The van der Waals surface area contributed by atoms with Crippen LogP contribution < -0.4 is 5.32 Å². The van der Waals surface area contributed by atoms with Gasteiger partial charge in [-0.25, -0.2) is 18.1 Å². The molecule has 1 saturated heterocycles. The molecule has 6 heteroatoms. The zero-order chi connectivity index (χ0) is 24.4. The number of nitrogens with zero attached hydrogens (tertiary/aromatic N) is 1. The van der Waals surface area contributed by atoms with Gasteiger partial charge in [0, 0.05) is 34.2 Å². The fourth-order valence-corrected chi connectivity index (χ4v) is 5.91. The second-order valence-corrected chi connectivity index (χ2v) is 11.1. The lowest BCUT2D eigenvalue weighted by atomic mass is 9.85. The number of rotatable bonds is 6. The second-order valence-electron chi connectivity index (χ2n) is 9.95. The molecular formula is C29H31F2N2OS+. The number of benzene rings is 3. The number of aryl methyl sites for hydroxylation is 1. The van der Waals surface area contributed by atoms with Gasteiger partial charge in [0.15, 0.2) is 0 Å². The summed E-state index contributed by atoms with van der Waals surface area (Å²) < 4.78 is 27.2. The Labute approximate surface area is 210 Å². The molecule has 2 aliphatic rings. The van der Waals surface area contributed by atoms with Crippen LogP contribution in [0.4, 0.5) is 13.6 Å². The highest BCUT2D eigenvalue weighted by atomic mass is 32.2. The Bertz CT molecular complexity index is 1180. The largest absolute Gasteiger partial charge is 0.417 e. The van der Waals surface area contributed by atoms with Crippen molar-refractivity contribution in [3.63, 3.8) is 0 Å². The number of carbonyl (C=O) groups excluding carboxylic acids is 1. The summed E-state index contributed by atoms with van der Waals surface area (Å²) in [7, 11) is 0. The summed E-state index contributed by atoms with van der Waals surface area (Å²) in [6.45, 7) is 4.17. The number of hydrogen-bond acceptors (Lipinski definition) is 2. The summed E-state index contributed by atoms with van der Waals surface area (Å²) in [5.41, 5.74) is 3.33. The SMILES string of the molecule is Cc1cc(F)ccc1C1CC[N+](Cc2ccc(Sc3ccc(F)cc3)cc2)(C(=O)NC2CC2)CC1. The van der Waals surface area contributed by atoms with E-state index in [-0.39, 0.29) is 17.7 Å². The first-order valence-electron chi connectivity index (χ1n) is 12.4. The summed E-state index contributed by atoms with van der Waals surface area (Å²) in [4.78, 5) is 15.5. The van der Waals surface area contributed by atoms with Gasteiger partial charge in [-0.2, -0.15) is 0 Å². The zero-order valence-corrected chi connectivity index (χ0v) is 20.8. The van der Waals surface area contributed by atoms with Crippen molar-refractivity contribution in [2.45, 2.75) is 60.9 Å². The molecule has 182 valence electrons. The second kappa shape index (κ2) is 10.1. The van der Waals surface area contributed by atoms with Crippen LogP contribution in [0.1, 0.15) is 48.3 Å². The van der Waals surface area contributed by atoms with E-state index < -0.39 is 0 Å². The molecule has 0 unspecified atom stereocenters. The molecular weight excluding hydrogens is 462 g/mol. The minimum Gasteiger partial charge on any atom is -0.303 e. The molecule has 1 heterocycles. The average Bonchev–Trinajstić information content (AvgIpc) is 3.67. The Morgan fingerprint density at radius 1 is 0.886 bits per heavy atom. The Morgan fingerprint density at radius 2 is 1.49 bits per heavy atom. The Kier molecular flexibility index (Phi) is 6.94. The minimum absolute atomic E-state index is 0.131. The van der Waals surface area contributed by atoms with Crippen molar-refractivity contribution in [2.75, 3.05) is 13.1 Å². The number of nitrogens with one attached hydrogen (secondary N) is 1. The first-order chi connectivity index (χ1) is 16.9. The quantitative estimate of drug-likeness (QED) is 0.368. The lowest BCUT2D eigenvalue weighted by Gasteiger charge is -2.41. The molecule has 0 radical (unpaired) electrons. The van der Waals surface area contributed by atoms with Crippen LogP contribution >= 0.6 is 11.8 Å². The van der Waals surface area contributed by atoms with Crippen molar-refractivity contribution in [3.05, 3.63) is 95.1 Å². The molecule has 3 nitrogen and oxygen atoms in total. The Balaban J connectivity index is 1.30. The van der Waals surface area contributed by atoms with Gasteiger partial charge in [0.1, 0.15) is 18.2 Å². The van der Waals surface area contributed by atoms with Crippen molar-refractivity contribution >= 4 is 17.8 Å². The number of hydrogen-bond donors (Lipinski definition) is 1. The van der Waals surface area contributed by atoms with Crippen LogP contribution in [0.2, 0.25) is 0 Å². The monoisotopic (exact) mass is 493 g/mol. The lowest BCUT2D eigenvalue weighted by Crippen LogP contribution is -2.60. The number of quaternary nitrogens is 1. The third kappa shape index (κ3) is 5.76. The van der Waals surface area contributed by atoms with Gasteiger partial charge < -0.3 is 5.32 Å². The van der Waals surface area contributed by atoms with Crippen molar-refractivity contribution in [2.24, 2.45) is 0 Å². The van der Waals surface area contributed by atoms with E-state index in [9.17, 15) is 13.6 Å². The van der Waals surface area contributed by atoms with Crippen molar-refractivity contribution in [3.8, 4) is 0 Å². The van der Waals surface area contributed by atoms with Gasteiger partial charge in [0.25, 0.3) is 0 Å². The van der Waals surface area contributed by atoms with E-state index in [1.165, 1.54) is 17.7 Å². The lowest BCUT2D eigenvalue weighted by molar-refractivity contribution is -0.869. The van der Waals surface area contributed by atoms with Crippen LogP contribution in [0.5, 0.6) is 0 Å². The van der Waals surface area contributed by atoms with E-state index in [0.29, 0.717) is 23.0 Å². The molecule has 1 aliphatic carbocycles. The summed E-state index contributed by atoms with van der Waals surface area (Å²) >= 11 is 1.60. The molecule has 2 fully saturated rings. The number of amides is 2. The number of likely N-dealkylation sites (tertiary alicyclic amines) is 1. The Morgan fingerprint density at radius 3 is 2.09 bits per heavy atom. The van der Waals surface area contributed by atoms with E-state index in [1.807, 2.05) is 13.0 Å². The topological polar surface area (TPSA) is 29.1 Å². The van der Waals surface area contributed by atoms with Gasteiger partial charge in [-0.1, -0.05) is 30.0 Å². The molecule has 35 heavy (non-hydrogen) atoms. The normalized spacial score (nSPS) is 22.1. The highest BCUT2D eigenvalue weighted by Crippen LogP contribution is 2.36. The van der Waals surface area contributed by atoms with Crippen molar-refractivity contribution in [1.29, 1.82) is 0 Å². The summed E-state index contributed by atoms with van der Waals surface area (Å²) in [6, 6.07) is 20.4. The molecule has 2 amide bonds. The van der Waals surface area contributed by atoms with Crippen LogP contribution in [0.3, 0.4) is 0 Å². The summed E-state index contributed by atoms with van der Waals surface area (Å²) in [5, 5.41) is 3.26. The van der Waals surface area contributed by atoms with Crippen molar-refractivity contribution in [1.82, 2.24) is 5.32 Å². The molecule has 1 aliphatic heterocycles. The van der Waals surface area contributed by atoms with Crippen LogP contribution in [0.25, 0.3) is 0 Å². The highest BCUT2D eigenvalue weighted by molar-refractivity contribution is 7.99. The summed E-state index contributed by atoms with van der Waals surface area (Å²) in [5.74, 6) is -0.0800. The van der Waals surface area contributed by atoms with E-state index in [0.717, 1.165) is 59.7 Å². The third-order valence-corrected chi connectivity index (χ3v) is 8.29. The number of urea groups is 1. The predicted molar refractivity (Wildman–Crippen MR) is 135 cm³/mol. The molecule has 0 spiro atoms. The van der Waals surface area contributed by atoms with Crippen molar-refractivity contribution < 1.29 is 18.1 Å². The number of piperidine rings is 1. The van der Waals surface area contributed by atoms with E-state index in [4.69, 9.17) is 0 Å². The van der Waals surface area contributed by atoms with Gasteiger partial charge >= 0.3 is 6.03 Å². The highest BCUT2D eigenvalue weighted by Gasteiger charge is 2.43. The minimum atomic E-state index is -0.235. The molecule has 3 aromatic rings. The molecule has 3 aromatic carbocycles. The van der Waals surface area contributed by atoms with Gasteiger partial charge in [-0.05, 0) is 85.3 Å². The van der Waals surface area contributed by atoms with Crippen LogP contribution in [-0.2, 0) is 6.54 Å². The molecule has 0 atom stereocenters. The fourth-order valence-electron chi connectivity index (χ4n) is 5.09. The molecule has 1 saturated carbocycles. The van der Waals surface area contributed by atoms with Crippen LogP contribution in [-0.4, -0.2) is 29.6 Å². The maximum absolute atomic E-state index is 13.6. The number of halogens is 2. The van der Waals surface area contributed by atoms with E-state index in [2.05, 4.69) is 29.6 Å². The zero-order valence-electron chi connectivity index (χ0n) is 20.0. The van der Waals surface area contributed by atoms with Gasteiger partial charge in [0.2, 0.25) is 0 Å². The predicted octanol–water partition coefficient (Wildman–Crippen LogP) is 7.19. The Hall–Kier alpha value is -2.70. The van der Waals surface area contributed by atoms with Gasteiger partial charge in [-0.3, -0.25) is 0 Å². The standard InChI is InChI=1S/C29H30F2N2OS/c1-20-18-24(31)6-13-28(20)22-14-16-33(17-15-22,29(34)32-25-7-8-25)19-21-2-9-26(10-3-21)35-27-11-4-23(30)5-12-27/h2-6,9-13,18,22,25H,7-8,14-17,19H2,1H3/p+1.